The largest absolute Gasteiger partial charge is 0.388 e. The van der Waals surface area contributed by atoms with Crippen LogP contribution in [0.5, 0.6) is 0 Å². The predicted molar refractivity (Wildman–Crippen MR) is 108 cm³/mol. The molecule has 3 fully saturated rings. The van der Waals surface area contributed by atoms with Crippen LogP contribution in [-0.2, 0) is 0 Å². The third-order valence-electron chi connectivity index (χ3n) is 7.89. The standard InChI is InChI=1S/C24H37NO/c1-19(20-11-5-2-6-12-20)25-18-17-23(25)24(26,21-13-7-3-8-14-21)22-15-9-4-10-16-22/h2,5-6,11-12,19,21-23,26H,3-4,7-10,13-18H2,1H3/t19-,23-/m0/s1. The van der Waals surface area contributed by atoms with Crippen molar-refractivity contribution in [3.8, 4) is 0 Å². The van der Waals surface area contributed by atoms with Crippen LogP contribution in [0.4, 0.5) is 0 Å². The molecule has 1 N–H and O–H groups in total. The summed E-state index contributed by atoms with van der Waals surface area (Å²) in [4.78, 5) is 2.62. The number of benzene rings is 1. The van der Waals surface area contributed by atoms with Crippen LogP contribution in [0.2, 0.25) is 0 Å². The van der Waals surface area contributed by atoms with E-state index in [1.54, 1.807) is 0 Å². The van der Waals surface area contributed by atoms with Crippen molar-refractivity contribution in [1.82, 2.24) is 4.90 Å². The van der Waals surface area contributed by atoms with Crippen molar-refractivity contribution in [2.24, 2.45) is 11.8 Å². The molecule has 1 saturated heterocycles. The van der Waals surface area contributed by atoms with E-state index in [1.165, 1.54) is 76.2 Å². The van der Waals surface area contributed by atoms with Crippen molar-refractivity contribution < 1.29 is 5.11 Å². The van der Waals surface area contributed by atoms with Crippen LogP contribution in [-0.4, -0.2) is 28.2 Å². The van der Waals surface area contributed by atoms with Crippen molar-refractivity contribution in [3.05, 3.63) is 35.9 Å². The molecule has 144 valence electrons. The quantitative estimate of drug-likeness (QED) is 0.731. The Morgan fingerprint density at radius 1 is 0.846 bits per heavy atom. The van der Waals surface area contributed by atoms with E-state index in [2.05, 4.69) is 42.2 Å². The highest BCUT2D eigenvalue weighted by molar-refractivity contribution is 5.20. The van der Waals surface area contributed by atoms with Gasteiger partial charge in [0.25, 0.3) is 0 Å². The maximum atomic E-state index is 12.3. The zero-order valence-corrected chi connectivity index (χ0v) is 16.6. The molecule has 1 heterocycles. The summed E-state index contributed by atoms with van der Waals surface area (Å²) >= 11 is 0. The van der Waals surface area contributed by atoms with Gasteiger partial charge in [0.15, 0.2) is 0 Å². The lowest BCUT2D eigenvalue weighted by Gasteiger charge is -2.59. The third-order valence-corrected chi connectivity index (χ3v) is 7.89. The summed E-state index contributed by atoms with van der Waals surface area (Å²) in [5.74, 6) is 1.05. The van der Waals surface area contributed by atoms with Crippen molar-refractivity contribution in [2.45, 2.75) is 95.2 Å². The lowest BCUT2D eigenvalue weighted by Crippen LogP contribution is -2.67. The fourth-order valence-corrected chi connectivity index (χ4v) is 6.30. The first-order chi connectivity index (χ1) is 12.7. The molecule has 3 aliphatic rings. The number of likely N-dealkylation sites (tertiary alicyclic amines) is 1. The maximum absolute atomic E-state index is 12.3. The SMILES string of the molecule is C[C@@H](c1ccccc1)N1CC[C@H]1C(O)(C1CCCCC1)C1CCCCC1. The summed E-state index contributed by atoms with van der Waals surface area (Å²) < 4.78 is 0. The summed E-state index contributed by atoms with van der Waals surface area (Å²) in [7, 11) is 0. The first-order valence-electron chi connectivity index (χ1n) is 11.2. The Morgan fingerprint density at radius 2 is 1.38 bits per heavy atom. The van der Waals surface area contributed by atoms with E-state index in [0.717, 1.165) is 6.54 Å². The topological polar surface area (TPSA) is 23.5 Å². The van der Waals surface area contributed by atoms with Crippen LogP contribution in [0, 0.1) is 11.8 Å². The van der Waals surface area contributed by atoms with Crippen molar-refractivity contribution in [2.75, 3.05) is 6.54 Å². The molecule has 0 amide bonds. The molecular formula is C24H37NO. The van der Waals surface area contributed by atoms with Gasteiger partial charge in [-0.2, -0.15) is 0 Å². The summed E-state index contributed by atoms with van der Waals surface area (Å²) in [5, 5.41) is 12.3. The summed E-state index contributed by atoms with van der Waals surface area (Å²) in [6.07, 6.45) is 14.2. The number of hydrogen-bond donors (Lipinski definition) is 1. The number of rotatable bonds is 5. The van der Waals surface area contributed by atoms with Gasteiger partial charge in [0, 0.05) is 18.6 Å². The van der Waals surface area contributed by atoms with Crippen LogP contribution in [0.1, 0.15) is 89.2 Å². The second kappa shape index (κ2) is 8.02. The molecule has 0 aromatic heterocycles. The molecule has 2 nitrogen and oxygen atoms in total. The van der Waals surface area contributed by atoms with E-state index in [0.29, 0.717) is 23.9 Å². The molecular weight excluding hydrogens is 318 g/mol. The molecule has 1 aliphatic heterocycles. The van der Waals surface area contributed by atoms with Gasteiger partial charge in [0.2, 0.25) is 0 Å². The number of hydrogen-bond acceptors (Lipinski definition) is 2. The normalized spacial score (nSPS) is 27.8. The third kappa shape index (κ3) is 3.36. The van der Waals surface area contributed by atoms with Crippen LogP contribution >= 0.6 is 0 Å². The molecule has 0 bridgehead atoms. The van der Waals surface area contributed by atoms with Gasteiger partial charge in [-0.1, -0.05) is 68.9 Å². The highest BCUT2D eigenvalue weighted by Crippen LogP contribution is 2.50. The molecule has 2 atom stereocenters. The molecule has 26 heavy (non-hydrogen) atoms. The summed E-state index contributed by atoms with van der Waals surface area (Å²) in [6, 6.07) is 11.7. The minimum Gasteiger partial charge on any atom is -0.388 e. The van der Waals surface area contributed by atoms with Gasteiger partial charge >= 0.3 is 0 Å². The fourth-order valence-electron chi connectivity index (χ4n) is 6.30. The van der Waals surface area contributed by atoms with Crippen LogP contribution in [0.25, 0.3) is 0 Å². The van der Waals surface area contributed by atoms with Crippen LogP contribution in [0.3, 0.4) is 0 Å². The Labute approximate surface area is 160 Å². The predicted octanol–water partition coefficient (Wildman–Crippen LogP) is 5.71. The second-order valence-corrected chi connectivity index (χ2v) is 9.19. The fraction of sp³-hybridized carbons (Fsp3) is 0.750. The Kier molecular flexibility index (Phi) is 5.71. The second-order valence-electron chi connectivity index (χ2n) is 9.19. The van der Waals surface area contributed by atoms with Crippen molar-refractivity contribution in [3.63, 3.8) is 0 Å². The number of nitrogens with zero attached hydrogens (tertiary/aromatic N) is 1. The molecule has 2 heteroatoms. The molecule has 1 aromatic carbocycles. The minimum atomic E-state index is -0.456. The van der Waals surface area contributed by atoms with E-state index >= 15 is 0 Å². The zero-order valence-electron chi connectivity index (χ0n) is 16.6. The Balaban J connectivity index is 1.58. The Morgan fingerprint density at radius 3 is 1.85 bits per heavy atom. The van der Waals surface area contributed by atoms with E-state index < -0.39 is 5.60 Å². The van der Waals surface area contributed by atoms with E-state index in [1.807, 2.05) is 0 Å². The van der Waals surface area contributed by atoms with Gasteiger partial charge < -0.3 is 5.11 Å². The van der Waals surface area contributed by atoms with Crippen LogP contribution in [0.15, 0.2) is 30.3 Å². The smallest absolute Gasteiger partial charge is 0.0858 e. The van der Waals surface area contributed by atoms with E-state index in [9.17, 15) is 5.11 Å². The van der Waals surface area contributed by atoms with Gasteiger partial charge in [0.05, 0.1) is 5.60 Å². The molecule has 1 aromatic rings. The van der Waals surface area contributed by atoms with Gasteiger partial charge in [-0.25, -0.2) is 0 Å². The Bertz CT molecular complexity index is 541. The van der Waals surface area contributed by atoms with Crippen molar-refractivity contribution >= 4 is 0 Å². The highest BCUT2D eigenvalue weighted by Gasteiger charge is 2.54. The van der Waals surface area contributed by atoms with Gasteiger partial charge in [-0.3, -0.25) is 4.90 Å². The van der Waals surface area contributed by atoms with Crippen LogP contribution < -0.4 is 0 Å². The Hall–Kier alpha value is -0.860. The molecule has 4 rings (SSSR count). The monoisotopic (exact) mass is 355 g/mol. The molecule has 0 unspecified atom stereocenters. The zero-order chi connectivity index (χ0) is 18.0. The molecule has 0 radical (unpaired) electrons. The lowest BCUT2D eigenvalue weighted by atomic mass is 9.60. The molecule has 0 spiro atoms. The number of aliphatic hydroxyl groups is 1. The highest BCUT2D eigenvalue weighted by atomic mass is 16.3. The minimum absolute atomic E-state index is 0.365. The van der Waals surface area contributed by atoms with Gasteiger partial charge in [0.1, 0.15) is 0 Å². The van der Waals surface area contributed by atoms with Gasteiger partial charge in [-0.15, -0.1) is 0 Å². The first-order valence-corrected chi connectivity index (χ1v) is 11.2. The summed E-state index contributed by atoms with van der Waals surface area (Å²) in [5.41, 5.74) is 0.939. The lowest BCUT2D eigenvalue weighted by molar-refractivity contribution is -0.182. The average molecular weight is 356 g/mol. The average Bonchev–Trinajstić information content (AvgIpc) is 2.69. The first kappa shape index (κ1) is 18.5. The van der Waals surface area contributed by atoms with E-state index in [-0.39, 0.29) is 0 Å². The molecule has 2 saturated carbocycles. The summed E-state index contributed by atoms with van der Waals surface area (Å²) in [6.45, 7) is 3.48. The van der Waals surface area contributed by atoms with Gasteiger partial charge in [-0.05, 0) is 56.4 Å². The van der Waals surface area contributed by atoms with E-state index in [4.69, 9.17) is 0 Å². The van der Waals surface area contributed by atoms with Crippen molar-refractivity contribution in [1.29, 1.82) is 0 Å². The maximum Gasteiger partial charge on any atom is 0.0858 e. The molecule has 2 aliphatic carbocycles.